The molecule has 1 aromatic carbocycles. The summed E-state index contributed by atoms with van der Waals surface area (Å²) in [5.41, 5.74) is 2.01. The summed E-state index contributed by atoms with van der Waals surface area (Å²) in [5, 5.41) is 6.10. The van der Waals surface area contributed by atoms with Gasteiger partial charge < -0.3 is 0 Å². The Bertz CT molecular complexity index is 475. The number of aromatic amines is 1. The molecule has 0 unspecified atom stereocenters. The Morgan fingerprint density at radius 2 is 2.17 bits per heavy atom. The minimum atomic E-state index is -0.409. The van der Waals surface area contributed by atoms with Gasteiger partial charge in [-0.3, -0.25) is 0 Å². The average molecular weight is 161 g/mol. The van der Waals surface area contributed by atoms with Crippen LogP contribution in [0.2, 0.25) is 0 Å². The molecule has 1 heterocycles. The second-order valence-corrected chi connectivity index (χ2v) is 2.63. The van der Waals surface area contributed by atoms with Gasteiger partial charge >= 0.3 is 5.69 Å². The van der Waals surface area contributed by atoms with Crippen molar-refractivity contribution in [3.8, 4) is 0 Å². The van der Waals surface area contributed by atoms with Crippen molar-refractivity contribution in [2.45, 2.75) is 6.92 Å². The van der Waals surface area contributed by atoms with Crippen molar-refractivity contribution in [1.82, 2.24) is 15.2 Å². The molecule has 0 spiro atoms. The van der Waals surface area contributed by atoms with E-state index in [2.05, 4.69) is 15.2 Å². The van der Waals surface area contributed by atoms with Crippen LogP contribution in [0, 0.1) is 6.92 Å². The zero-order valence-electron chi connectivity index (χ0n) is 6.53. The summed E-state index contributed by atoms with van der Waals surface area (Å²) in [4.78, 5) is 14.5. The highest BCUT2D eigenvalue weighted by Gasteiger charge is 1.95. The van der Waals surface area contributed by atoms with Crippen LogP contribution in [0.25, 0.3) is 11.0 Å². The number of rotatable bonds is 0. The number of aromatic nitrogens is 3. The number of nitrogens with zero attached hydrogens (tertiary/aromatic N) is 2. The van der Waals surface area contributed by atoms with Crippen LogP contribution >= 0.6 is 0 Å². The van der Waals surface area contributed by atoms with E-state index in [4.69, 9.17) is 0 Å². The summed E-state index contributed by atoms with van der Waals surface area (Å²) in [7, 11) is 0. The quantitative estimate of drug-likeness (QED) is 0.616. The normalized spacial score (nSPS) is 10.4. The molecule has 2 rings (SSSR count). The van der Waals surface area contributed by atoms with Gasteiger partial charge in [0.2, 0.25) is 0 Å². The molecule has 0 aliphatic carbocycles. The van der Waals surface area contributed by atoms with Gasteiger partial charge in [0, 0.05) is 0 Å². The molecule has 4 nitrogen and oxygen atoms in total. The molecule has 1 aromatic heterocycles. The van der Waals surface area contributed by atoms with Crippen LogP contribution < -0.4 is 5.69 Å². The third-order valence-corrected chi connectivity index (χ3v) is 1.62. The number of H-pyrrole nitrogens is 1. The fraction of sp³-hybridized carbons (Fsp3) is 0.125. The first-order chi connectivity index (χ1) is 5.75. The molecule has 0 radical (unpaired) electrons. The van der Waals surface area contributed by atoms with Crippen molar-refractivity contribution in [3.63, 3.8) is 0 Å². The van der Waals surface area contributed by atoms with Crippen molar-refractivity contribution in [1.29, 1.82) is 0 Å². The monoisotopic (exact) mass is 161 g/mol. The van der Waals surface area contributed by atoms with Crippen molar-refractivity contribution in [2.24, 2.45) is 0 Å². The first-order valence-corrected chi connectivity index (χ1v) is 3.59. The average Bonchev–Trinajstić information content (AvgIpc) is 2.03. The highest BCUT2D eigenvalue weighted by Crippen LogP contribution is 2.07. The van der Waals surface area contributed by atoms with Gasteiger partial charge in [-0.1, -0.05) is 6.07 Å². The van der Waals surface area contributed by atoms with E-state index in [0.717, 1.165) is 5.56 Å². The van der Waals surface area contributed by atoms with E-state index in [0.29, 0.717) is 11.0 Å². The van der Waals surface area contributed by atoms with Crippen molar-refractivity contribution >= 4 is 11.0 Å². The van der Waals surface area contributed by atoms with E-state index in [1.54, 1.807) is 0 Å². The third-order valence-electron chi connectivity index (χ3n) is 1.62. The Labute approximate surface area is 68.3 Å². The van der Waals surface area contributed by atoms with E-state index in [9.17, 15) is 4.79 Å². The number of benzene rings is 1. The Balaban J connectivity index is 2.89. The van der Waals surface area contributed by atoms with E-state index >= 15 is 0 Å². The third kappa shape index (κ3) is 1.07. The Kier molecular flexibility index (Phi) is 1.40. The number of fused-ring (bicyclic) bond motifs is 1. The van der Waals surface area contributed by atoms with E-state index in [1.807, 2.05) is 25.1 Å². The lowest BCUT2D eigenvalue weighted by molar-refractivity contribution is 0.961. The van der Waals surface area contributed by atoms with E-state index < -0.39 is 5.69 Å². The molecule has 12 heavy (non-hydrogen) atoms. The lowest BCUT2D eigenvalue weighted by Gasteiger charge is -1.94. The molecule has 2 aromatic rings. The van der Waals surface area contributed by atoms with Gasteiger partial charge in [-0.05, 0) is 24.6 Å². The first kappa shape index (κ1) is 6.97. The minimum Gasteiger partial charge on any atom is -0.244 e. The topological polar surface area (TPSA) is 58.6 Å². The highest BCUT2D eigenvalue weighted by atomic mass is 16.1. The van der Waals surface area contributed by atoms with Crippen molar-refractivity contribution in [3.05, 3.63) is 34.2 Å². The van der Waals surface area contributed by atoms with Crippen molar-refractivity contribution < 1.29 is 0 Å². The molecule has 0 atom stereocenters. The van der Waals surface area contributed by atoms with Gasteiger partial charge in [0.15, 0.2) is 0 Å². The first-order valence-electron chi connectivity index (χ1n) is 3.59. The van der Waals surface area contributed by atoms with Crippen LogP contribution in [0.4, 0.5) is 0 Å². The maximum Gasteiger partial charge on any atom is 0.361 e. The highest BCUT2D eigenvalue weighted by molar-refractivity contribution is 5.73. The summed E-state index contributed by atoms with van der Waals surface area (Å²) in [6.07, 6.45) is 0. The number of hydrogen-bond acceptors (Lipinski definition) is 3. The van der Waals surface area contributed by atoms with Gasteiger partial charge in [-0.2, -0.15) is 10.1 Å². The zero-order chi connectivity index (χ0) is 8.55. The maximum atomic E-state index is 10.8. The molecule has 60 valence electrons. The second kappa shape index (κ2) is 2.41. The van der Waals surface area contributed by atoms with E-state index in [-0.39, 0.29) is 0 Å². The molecule has 4 heteroatoms. The fourth-order valence-corrected chi connectivity index (χ4v) is 1.06. The number of hydrogen-bond donors (Lipinski definition) is 1. The van der Waals surface area contributed by atoms with Crippen LogP contribution in [0.1, 0.15) is 5.56 Å². The van der Waals surface area contributed by atoms with Gasteiger partial charge in [0.05, 0.1) is 5.52 Å². The minimum absolute atomic E-state index is 0.409. The molecule has 0 amide bonds. The molecule has 1 N–H and O–H groups in total. The lowest BCUT2D eigenvalue weighted by atomic mass is 10.2. The van der Waals surface area contributed by atoms with Crippen LogP contribution in [-0.2, 0) is 0 Å². The molecule has 0 saturated carbocycles. The van der Waals surface area contributed by atoms with Gasteiger partial charge in [0.1, 0.15) is 5.52 Å². The van der Waals surface area contributed by atoms with Crippen LogP contribution in [-0.4, -0.2) is 15.2 Å². The molecule has 0 fully saturated rings. The number of aryl methyl sites for hydroxylation is 1. The van der Waals surface area contributed by atoms with Crippen LogP contribution in [0.3, 0.4) is 0 Å². The summed E-state index contributed by atoms with van der Waals surface area (Å²) < 4.78 is 0. The van der Waals surface area contributed by atoms with Crippen LogP contribution in [0.5, 0.6) is 0 Å². The molecule has 0 bridgehead atoms. The molecule has 0 aliphatic rings. The standard InChI is InChI=1S/C8H7N3O/c1-5-2-3-6-7(4-5)9-8(12)11-10-6/h2-4H,1H3,(H,9,11,12). The van der Waals surface area contributed by atoms with Crippen molar-refractivity contribution in [2.75, 3.05) is 0 Å². The maximum absolute atomic E-state index is 10.8. The van der Waals surface area contributed by atoms with Crippen LogP contribution in [0.15, 0.2) is 23.0 Å². The largest absolute Gasteiger partial charge is 0.361 e. The summed E-state index contributed by atoms with van der Waals surface area (Å²) >= 11 is 0. The summed E-state index contributed by atoms with van der Waals surface area (Å²) in [6, 6.07) is 5.58. The molecule has 0 saturated heterocycles. The second-order valence-electron chi connectivity index (χ2n) is 2.63. The van der Waals surface area contributed by atoms with E-state index in [1.165, 1.54) is 0 Å². The summed E-state index contributed by atoms with van der Waals surface area (Å²) in [5.74, 6) is 0. The van der Waals surface area contributed by atoms with Gasteiger partial charge in [-0.25, -0.2) is 9.89 Å². The Morgan fingerprint density at radius 3 is 3.00 bits per heavy atom. The van der Waals surface area contributed by atoms with Gasteiger partial charge in [0.25, 0.3) is 0 Å². The molecule has 0 aliphatic heterocycles. The summed E-state index contributed by atoms with van der Waals surface area (Å²) in [6.45, 7) is 1.95. The molecular formula is C8H7N3O. The smallest absolute Gasteiger partial charge is 0.244 e. The molecular weight excluding hydrogens is 154 g/mol. The fourth-order valence-electron chi connectivity index (χ4n) is 1.06. The predicted octanol–water partition coefficient (Wildman–Crippen LogP) is 0.627. The predicted molar refractivity (Wildman–Crippen MR) is 44.9 cm³/mol. The lowest BCUT2D eigenvalue weighted by Crippen LogP contribution is -2.11. The zero-order valence-corrected chi connectivity index (χ0v) is 6.53. The number of nitrogens with one attached hydrogen (secondary N) is 1. The Hall–Kier alpha value is -1.71. The van der Waals surface area contributed by atoms with Gasteiger partial charge in [-0.15, -0.1) is 0 Å². The Morgan fingerprint density at radius 1 is 1.33 bits per heavy atom. The SMILES string of the molecule is Cc1ccc2n[nH]c(=O)nc2c1.